The van der Waals surface area contributed by atoms with E-state index in [0.717, 1.165) is 12.1 Å². The van der Waals surface area contributed by atoms with E-state index in [-0.39, 0.29) is 22.7 Å². The van der Waals surface area contributed by atoms with Crippen LogP contribution in [0.15, 0.2) is 17.0 Å². The minimum Gasteiger partial charge on any atom is -0.396 e. The maximum absolute atomic E-state index is 13.3. The fourth-order valence-corrected chi connectivity index (χ4v) is 2.99. The Kier molecular flexibility index (Phi) is 4.50. The molecule has 0 radical (unpaired) electrons. The maximum atomic E-state index is 13.3. The number of sulfonamides is 2. The molecule has 0 unspecified atom stereocenters. The van der Waals surface area contributed by atoms with Gasteiger partial charge in [-0.3, -0.25) is 0 Å². The molecular formula is C9H14FN3O4S2. The van der Waals surface area contributed by atoms with Crippen LogP contribution in [0.2, 0.25) is 0 Å². The third kappa shape index (κ3) is 4.42. The number of primary sulfonamides is 1. The Hall–Kier alpha value is -1.23. The summed E-state index contributed by atoms with van der Waals surface area (Å²) in [6.07, 6.45) is 0. The lowest BCUT2D eigenvalue weighted by molar-refractivity contribution is 0.580. The van der Waals surface area contributed by atoms with E-state index in [1.165, 1.54) is 6.92 Å². The number of benzene rings is 1. The van der Waals surface area contributed by atoms with Gasteiger partial charge in [0.2, 0.25) is 20.0 Å². The number of aryl methyl sites for hydroxylation is 1. The molecule has 19 heavy (non-hydrogen) atoms. The van der Waals surface area contributed by atoms with E-state index in [2.05, 4.69) is 0 Å². The minimum atomic E-state index is -3.96. The van der Waals surface area contributed by atoms with Crippen LogP contribution >= 0.6 is 0 Å². The molecule has 0 fully saturated rings. The largest absolute Gasteiger partial charge is 0.396 e. The molecule has 0 spiro atoms. The highest BCUT2D eigenvalue weighted by Gasteiger charge is 2.17. The van der Waals surface area contributed by atoms with Gasteiger partial charge in [-0.05, 0) is 24.6 Å². The Balaban J connectivity index is 2.95. The third-order valence-electron chi connectivity index (χ3n) is 2.25. The van der Waals surface area contributed by atoms with Crippen molar-refractivity contribution in [2.45, 2.75) is 11.8 Å². The second kappa shape index (κ2) is 5.41. The molecule has 1 aromatic rings. The van der Waals surface area contributed by atoms with Crippen molar-refractivity contribution in [3.63, 3.8) is 0 Å². The monoisotopic (exact) mass is 311 g/mol. The molecule has 0 bridgehead atoms. The Labute approximate surface area is 110 Å². The van der Waals surface area contributed by atoms with Crippen LogP contribution in [0, 0.1) is 12.7 Å². The normalized spacial score (nSPS) is 12.6. The smallest absolute Gasteiger partial charge is 0.240 e. The standard InChI is InChI=1S/C9H14FN3O4S2/c1-6-4-7(5-8(11)9(6)10)19(16,17)13-2-3-18(12,14)15/h4-5,13H,2-3,11H2,1H3,(H2,12,14,15). The van der Waals surface area contributed by atoms with Gasteiger partial charge < -0.3 is 5.73 Å². The predicted octanol–water partition coefficient (Wildman–Crippen LogP) is -0.717. The van der Waals surface area contributed by atoms with E-state index in [1.807, 2.05) is 4.72 Å². The van der Waals surface area contributed by atoms with Crippen molar-refractivity contribution in [3.05, 3.63) is 23.5 Å². The van der Waals surface area contributed by atoms with E-state index in [1.54, 1.807) is 0 Å². The maximum Gasteiger partial charge on any atom is 0.240 e. The molecule has 0 saturated heterocycles. The number of hydrogen-bond donors (Lipinski definition) is 3. The van der Waals surface area contributed by atoms with Gasteiger partial charge in [-0.1, -0.05) is 0 Å². The quantitative estimate of drug-likeness (QED) is 0.617. The molecule has 1 rings (SSSR count). The van der Waals surface area contributed by atoms with Crippen LogP contribution in [-0.2, 0) is 20.0 Å². The van der Waals surface area contributed by atoms with Crippen molar-refractivity contribution in [1.29, 1.82) is 0 Å². The molecule has 0 aliphatic carbocycles. The van der Waals surface area contributed by atoms with E-state index < -0.39 is 31.6 Å². The molecule has 1 aromatic carbocycles. The number of nitrogen functional groups attached to an aromatic ring is 1. The fourth-order valence-electron chi connectivity index (χ4n) is 1.32. The van der Waals surface area contributed by atoms with Gasteiger partial charge in [-0.15, -0.1) is 0 Å². The van der Waals surface area contributed by atoms with Crippen molar-refractivity contribution < 1.29 is 21.2 Å². The molecule has 0 aliphatic rings. The van der Waals surface area contributed by atoms with Crippen molar-refractivity contribution in [2.75, 3.05) is 18.0 Å². The molecule has 0 aliphatic heterocycles. The van der Waals surface area contributed by atoms with E-state index in [9.17, 15) is 21.2 Å². The summed E-state index contributed by atoms with van der Waals surface area (Å²) in [7, 11) is -7.72. The highest BCUT2D eigenvalue weighted by molar-refractivity contribution is 7.90. The Bertz CT molecular complexity index is 662. The second-order valence-electron chi connectivity index (χ2n) is 3.91. The van der Waals surface area contributed by atoms with Gasteiger partial charge in [0.1, 0.15) is 5.82 Å². The first-order valence-electron chi connectivity index (χ1n) is 5.09. The van der Waals surface area contributed by atoms with Gasteiger partial charge in [0.15, 0.2) is 0 Å². The number of nitrogens with one attached hydrogen (secondary N) is 1. The summed E-state index contributed by atoms with van der Waals surface area (Å²) in [6.45, 7) is 0.993. The van der Waals surface area contributed by atoms with Crippen molar-refractivity contribution in [2.24, 2.45) is 5.14 Å². The Morgan fingerprint density at radius 2 is 1.84 bits per heavy atom. The summed E-state index contributed by atoms with van der Waals surface area (Å²) in [6, 6.07) is 2.06. The molecule has 108 valence electrons. The zero-order valence-corrected chi connectivity index (χ0v) is 11.7. The average molecular weight is 311 g/mol. The molecular weight excluding hydrogens is 297 g/mol. The van der Waals surface area contributed by atoms with Crippen LogP contribution in [-0.4, -0.2) is 29.1 Å². The SMILES string of the molecule is Cc1cc(S(=O)(=O)NCCS(N)(=O)=O)cc(N)c1F. The van der Waals surface area contributed by atoms with Crippen LogP contribution in [0.1, 0.15) is 5.56 Å². The second-order valence-corrected chi connectivity index (χ2v) is 7.41. The van der Waals surface area contributed by atoms with Crippen LogP contribution in [0.3, 0.4) is 0 Å². The molecule has 0 saturated carbocycles. The topological polar surface area (TPSA) is 132 Å². The molecule has 5 N–H and O–H groups in total. The summed E-state index contributed by atoms with van der Waals surface area (Å²) < 4.78 is 60.3. The zero-order valence-electron chi connectivity index (χ0n) is 10.1. The van der Waals surface area contributed by atoms with Gasteiger partial charge in [0.05, 0.1) is 16.3 Å². The summed E-state index contributed by atoms with van der Waals surface area (Å²) in [5.41, 5.74) is 5.11. The first-order chi connectivity index (χ1) is 8.53. The molecule has 0 heterocycles. The first-order valence-corrected chi connectivity index (χ1v) is 8.28. The zero-order chi connectivity index (χ0) is 14.8. The Morgan fingerprint density at radius 1 is 1.26 bits per heavy atom. The van der Waals surface area contributed by atoms with Crippen LogP contribution in [0.5, 0.6) is 0 Å². The predicted molar refractivity (Wildman–Crippen MR) is 68.7 cm³/mol. The van der Waals surface area contributed by atoms with E-state index in [0.29, 0.717) is 0 Å². The summed E-state index contributed by atoms with van der Waals surface area (Å²) in [5.74, 6) is -1.23. The average Bonchev–Trinajstić information content (AvgIpc) is 2.22. The first kappa shape index (κ1) is 15.8. The third-order valence-corrected chi connectivity index (χ3v) is 4.46. The molecule has 0 atom stereocenters. The summed E-state index contributed by atoms with van der Waals surface area (Å²) in [5, 5.41) is 4.74. The number of anilines is 1. The lowest BCUT2D eigenvalue weighted by Gasteiger charge is -2.09. The number of rotatable bonds is 5. The molecule has 7 nitrogen and oxygen atoms in total. The van der Waals surface area contributed by atoms with Gasteiger partial charge in [0, 0.05) is 6.54 Å². The molecule has 0 amide bonds. The molecule has 0 aromatic heterocycles. The van der Waals surface area contributed by atoms with Crippen molar-refractivity contribution in [3.8, 4) is 0 Å². The fraction of sp³-hybridized carbons (Fsp3) is 0.333. The van der Waals surface area contributed by atoms with Gasteiger partial charge in [0.25, 0.3) is 0 Å². The summed E-state index contributed by atoms with van der Waals surface area (Å²) >= 11 is 0. The van der Waals surface area contributed by atoms with E-state index in [4.69, 9.17) is 10.9 Å². The lowest BCUT2D eigenvalue weighted by Crippen LogP contribution is -2.31. The van der Waals surface area contributed by atoms with Gasteiger partial charge in [-0.25, -0.2) is 31.1 Å². The van der Waals surface area contributed by atoms with E-state index >= 15 is 0 Å². The van der Waals surface area contributed by atoms with Crippen molar-refractivity contribution >= 4 is 25.7 Å². The lowest BCUT2D eigenvalue weighted by atomic mass is 10.2. The molecule has 10 heteroatoms. The van der Waals surface area contributed by atoms with Gasteiger partial charge in [-0.2, -0.15) is 0 Å². The number of halogens is 1. The number of nitrogens with two attached hydrogens (primary N) is 2. The van der Waals surface area contributed by atoms with Crippen LogP contribution < -0.4 is 15.6 Å². The van der Waals surface area contributed by atoms with Crippen LogP contribution in [0.25, 0.3) is 0 Å². The number of hydrogen-bond acceptors (Lipinski definition) is 5. The highest BCUT2D eigenvalue weighted by Crippen LogP contribution is 2.20. The van der Waals surface area contributed by atoms with Gasteiger partial charge >= 0.3 is 0 Å². The Morgan fingerprint density at radius 3 is 2.32 bits per heavy atom. The summed E-state index contributed by atoms with van der Waals surface area (Å²) in [4.78, 5) is -0.238. The minimum absolute atomic E-state index is 0.0758. The van der Waals surface area contributed by atoms with Crippen molar-refractivity contribution in [1.82, 2.24) is 4.72 Å². The highest BCUT2D eigenvalue weighted by atomic mass is 32.2. The van der Waals surface area contributed by atoms with Crippen LogP contribution in [0.4, 0.5) is 10.1 Å².